The molecule has 3 aromatic rings. The molecule has 0 amide bonds. The van der Waals surface area contributed by atoms with E-state index in [2.05, 4.69) is 5.10 Å². The zero-order valence-electron chi connectivity index (χ0n) is 11.0. The normalized spacial score (nSPS) is 12.5. The van der Waals surface area contributed by atoms with Crippen LogP contribution >= 0.6 is 0 Å². The van der Waals surface area contributed by atoms with Gasteiger partial charge in [-0.3, -0.25) is 4.68 Å². The molecule has 0 fully saturated rings. The Balaban J connectivity index is 1.79. The summed E-state index contributed by atoms with van der Waals surface area (Å²) < 4.78 is 30.1. The summed E-state index contributed by atoms with van der Waals surface area (Å²) in [4.78, 5) is 0. The lowest BCUT2D eigenvalue weighted by atomic mass is 10.1. The summed E-state index contributed by atoms with van der Waals surface area (Å²) in [6, 6.07) is 6.78. The van der Waals surface area contributed by atoms with Gasteiger partial charge in [-0.1, -0.05) is 0 Å². The Morgan fingerprint density at radius 2 is 1.95 bits per heavy atom. The maximum atomic E-state index is 13.6. The molecule has 1 aromatic carbocycles. The molecule has 4 nitrogen and oxygen atoms in total. The molecule has 0 saturated carbocycles. The van der Waals surface area contributed by atoms with Crippen molar-refractivity contribution in [3.05, 3.63) is 72.3 Å². The number of aromatic nitrogens is 3. The van der Waals surface area contributed by atoms with Crippen molar-refractivity contribution in [1.82, 2.24) is 14.3 Å². The first-order valence-corrected chi connectivity index (χ1v) is 6.42. The number of nitrogens with zero attached hydrogens (tertiary/aromatic N) is 3. The van der Waals surface area contributed by atoms with Gasteiger partial charge in [-0.15, -0.1) is 0 Å². The molecular weight excluding hydrogens is 276 g/mol. The second-order valence-corrected chi connectivity index (χ2v) is 4.69. The van der Waals surface area contributed by atoms with Crippen molar-refractivity contribution in [3.8, 4) is 5.69 Å². The number of rotatable bonds is 4. The van der Waals surface area contributed by atoms with E-state index in [1.807, 2.05) is 29.1 Å². The number of aliphatic hydroxyl groups is 1. The third-order valence-corrected chi connectivity index (χ3v) is 3.20. The van der Waals surface area contributed by atoms with E-state index in [0.29, 0.717) is 0 Å². The standard InChI is InChI=1S/C15H13F2N3O/c16-11-3-4-14(17)13(7-11)15(21)10-20-9-12(8-18-20)19-5-1-2-6-19/h1-9,15,21H,10H2. The van der Waals surface area contributed by atoms with Crippen molar-refractivity contribution in [2.75, 3.05) is 0 Å². The highest BCUT2D eigenvalue weighted by molar-refractivity contribution is 5.26. The summed E-state index contributed by atoms with van der Waals surface area (Å²) in [6.07, 6.45) is 5.92. The van der Waals surface area contributed by atoms with Gasteiger partial charge in [0.25, 0.3) is 0 Å². The number of halogens is 2. The molecule has 2 aromatic heterocycles. The van der Waals surface area contributed by atoms with Gasteiger partial charge in [0.05, 0.1) is 18.4 Å². The molecule has 6 heteroatoms. The first kappa shape index (κ1) is 13.5. The fraction of sp³-hybridized carbons (Fsp3) is 0.133. The van der Waals surface area contributed by atoms with E-state index in [9.17, 15) is 13.9 Å². The maximum Gasteiger partial charge on any atom is 0.129 e. The van der Waals surface area contributed by atoms with Crippen LogP contribution in [0.25, 0.3) is 5.69 Å². The van der Waals surface area contributed by atoms with Gasteiger partial charge in [0.15, 0.2) is 0 Å². The molecule has 1 N–H and O–H groups in total. The Labute approximate surface area is 119 Å². The molecule has 0 bridgehead atoms. The number of aliphatic hydroxyl groups excluding tert-OH is 1. The first-order chi connectivity index (χ1) is 10.1. The highest BCUT2D eigenvalue weighted by atomic mass is 19.1. The molecule has 0 spiro atoms. The van der Waals surface area contributed by atoms with E-state index in [-0.39, 0.29) is 12.1 Å². The van der Waals surface area contributed by atoms with Crippen LogP contribution < -0.4 is 0 Å². The molecule has 0 aliphatic rings. The van der Waals surface area contributed by atoms with E-state index in [0.717, 1.165) is 23.9 Å². The van der Waals surface area contributed by atoms with Crippen LogP contribution in [-0.4, -0.2) is 19.5 Å². The number of hydrogen-bond donors (Lipinski definition) is 1. The fourth-order valence-electron chi connectivity index (χ4n) is 2.14. The van der Waals surface area contributed by atoms with Gasteiger partial charge in [-0.05, 0) is 30.3 Å². The summed E-state index contributed by atoms with van der Waals surface area (Å²) >= 11 is 0. The maximum absolute atomic E-state index is 13.6. The van der Waals surface area contributed by atoms with E-state index in [4.69, 9.17) is 0 Å². The van der Waals surface area contributed by atoms with Crippen molar-refractivity contribution in [2.45, 2.75) is 12.6 Å². The predicted molar refractivity (Wildman–Crippen MR) is 72.9 cm³/mol. The minimum atomic E-state index is -1.17. The quantitative estimate of drug-likeness (QED) is 0.802. The molecular formula is C15H13F2N3O. The number of benzene rings is 1. The summed E-state index contributed by atoms with van der Waals surface area (Å²) in [7, 11) is 0. The lowest BCUT2D eigenvalue weighted by Crippen LogP contribution is -2.11. The molecule has 1 atom stereocenters. The van der Waals surface area contributed by atoms with Crippen LogP contribution in [0, 0.1) is 11.6 Å². The Hall–Kier alpha value is -2.47. The Morgan fingerprint density at radius 3 is 2.71 bits per heavy atom. The van der Waals surface area contributed by atoms with Crippen molar-refractivity contribution in [1.29, 1.82) is 0 Å². The van der Waals surface area contributed by atoms with E-state index < -0.39 is 17.7 Å². The summed E-state index contributed by atoms with van der Waals surface area (Å²) in [6.45, 7) is 0.0433. The van der Waals surface area contributed by atoms with Gasteiger partial charge in [-0.25, -0.2) is 8.78 Å². The molecule has 0 aliphatic heterocycles. The molecule has 2 heterocycles. The van der Waals surface area contributed by atoms with Crippen molar-refractivity contribution in [3.63, 3.8) is 0 Å². The summed E-state index contributed by atoms with van der Waals surface area (Å²) in [5.74, 6) is -1.22. The molecule has 0 saturated heterocycles. The van der Waals surface area contributed by atoms with Gasteiger partial charge >= 0.3 is 0 Å². The van der Waals surface area contributed by atoms with Gasteiger partial charge in [0.2, 0.25) is 0 Å². The zero-order valence-corrected chi connectivity index (χ0v) is 11.0. The third kappa shape index (κ3) is 2.85. The van der Waals surface area contributed by atoms with Crippen molar-refractivity contribution < 1.29 is 13.9 Å². The fourth-order valence-corrected chi connectivity index (χ4v) is 2.14. The van der Waals surface area contributed by atoms with Crippen LogP contribution in [0.15, 0.2) is 55.1 Å². The SMILES string of the molecule is OC(Cn1cc(-n2cccc2)cn1)c1cc(F)ccc1F. The van der Waals surface area contributed by atoms with Gasteiger partial charge < -0.3 is 9.67 Å². The highest BCUT2D eigenvalue weighted by Crippen LogP contribution is 2.20. The lowest BCUT2D eigenvalue weighted by molar-refractivity contribution is 0.147. The molecule has 0 radical (unpaired) electrons. The first-order valence-electron chi connectivity index (χ1n) is 6.42. The molecule has 21 heavy (non-hydrogen) atoms. The van der Waals surface area contributed by atoms with Crippen LogP contribution in [0.3, 0.4) is 0 Å². The molecule has 3 rings (SSSR count). The van der Waals surface area contributed by atoms with Crippen LogP contribution in [0.1, 0.15) is 11.7 Å². The second-order valence-electron chi connectivity index (χ2n) is 4.69. The van der Waals surface area contributed by atoms with Crippen LogP contribution in [-0.2, 0) is 6.54 Å². The summed E-state index contributed by atoms with van der Waals surface area (Å²) in [5, 5.41) is 14.2. The van der Waals surface area contributed by atoms with Crippen LogP contribution in [0.2, 0.25) is 0 Å². The van der Waals surface area contributed by atoms with E-state index in [1.165, 1.54) is 4.68 Å². The van der Waals surface area contributed by atoms with E-state index >= 15 is 0 Å². The smallest absolute Gasteiger partial charge is 0.129 e. The second kappa shape index (κ2) is 5.49. The number of hydrogen-bond acceptors (Lipinski definition) is 2. The van der Waals surface area contributed by atoms with Crippen molar-refractivity contribution >= 4 is 0 Å². The predicted octanol–water partition coefficient (Wildman–Crippen LogP) is 2.69. The lowest BCUT2D eigenvalue weighted by Gasteiger charge is -2.12. The van der Waals surface area contributed by atoms with Crippen LogP contribution in [0.4, 0.5) is 8.78 Å². The molecule has 1 unspecified atom stereocenters. The van der Waals surface area contributed by atoms with Gasteiger partial charge in [0.1, 0.15) is 17.7 Å². The van der Waals surface area contributed by atoms with Gasteiger partial charge in [-0.2, -0.15) is 5.10 Å². The van der Waals surface area contributed by atoms with E-state index in [1.54, 1.807) is 12.4 Å². The average Bonchev–Trinajstić information content (AvgIpc) is 3.11. The zero-order chi connectivity index (χ0) is 14.8. The van der Waals surface area contributed by atoms with Crippen molar-refractivity contribution in [2.24, 2.45) is 0 Å². The Kier molecular flexibility index (Phi) is 3.53. The average molecular weight is 289 g/mol. The topological polar surface area (TPSA) is 43.0 Å². The Bertz CT molecular complexity index is 737. The molecule has 0 aliphatic carbocycles. The largest absolute Gasteiger partial charge is 0.386 e. The Morgan fingerprint density at radius 1 is 1.19 bits per heavy atom. The highest BCUT2D eigenvalue weighted by Gasteiger charge is 2.15. The summed E-state index contributed by atoms with van der Waals surface area (Å²) in [5.41, 5.74) is 0.750. The van der Waals surface area contributed by atoms with Crippen LogP contribution in [0.5, 0.6) is 0 Å². The van der Waals surface area contributed by atoms with Gasteiger partial charge in [0, 0.05) is 24.2 Å². The minimum Gasteiger partial charge on any atom is -0.386 e. The minimum absolute atomic E-state index is 0.0433. The monoisotopic (exact) mass is 289 g/mol. The molecule has 108 valence electrons. The third-order valence-electron chi connectivity index (χ3n) is 3.20.